The zero-order valence-electron chi connectivity index (χ0n) is 11.5. The molecule has 8 heteroatoms. The summed E-state index contributed by atoms with van der Waals surface area (Å²) in [5.41, 5.74) is 5.05. The van der Waals surface area contributed by atoms with Crippen LogP contribution >= 0.6 is 0 Å². The van der Waals surface area contributed by atoms with Crippen LogP contribution in [0.2, 0.25) is 0 Å². The van der Waals surface area contributed by atoms with E-state index in [1.807, 2.05) is 6.92 Å². The van der Waals surface area contributed by atoms with Gasteiger partial charge in [-0.05, 0) is 13.3 Å². The van der Waals surface area contributed by atoms with E-state index in [1.54, 1.807) is 6.92 Å². The van der Waals surface area contributed by atoms with Gasteiger partial charge in [0.1, 0.15) is 0 Å². The van der Waals surface area contributed by atoms with Gasteiger partial charge in [0.05, 0.1) is 25.6 Å². The monoisotopic (exact) mass is 285 g/mol. The van der Waals surface area contributed by atoms with Gasteiger partial charge < -0.3 is 10.8 Å². The van der Waals surface area contributed by atoms with E-state index in [9.17, 15) is 19.2 Å². The second kappa shape index (κ2) is 6.47. The topological polar surface area (TPSA) is 121 Å². The minimum atomic E-state index is -1.19. The molecule has 0 aromatic rings. The van der Waals surface area contributed by atoms with E-state index in [-0.39, 0.29) is 24.9 Å². The maximum atomic E-state index is 12.2. The number of hydrogen-bond acceptors (Lipinski definition) is 5. The van der Waals surface area contributed by atoms with Crippen LogP contribution in [-0.4, -0.2) is 63.8 Å². The predicted molar refractivity (Wildman–Crippen MR) is 68.4 cm³/mol. The van der Waals surface area contributed by atoms with E-state index in [2.05, 4.69) is 0 Å². The molecule has 112 valence electrons. The van der Waals surface area contributed by atoms with Crippen LogP contribution in [0.4, 0.5) is 0 Å². The number of rotatable bonds is 7. The largest absolute Gasteiger partial charge is 0.480 e. The van der Waals surface area contributed by atoms with E-state index < -0.39 is 30.4 Å². The summed E-state index contributed by atoms with van der Waals surface area (Å²) in [5, 5.41) is 8.83. The second-order valence-corrected chi connectivity index (χ2v) is 4.84. The molecule has 0 aromatic carbocycles. The number of carboxylic acid groups (broad SMARTS) is 1. The standard InChI is InChI=1S/C12H19N3O5/c1-3-7(2)15-10(17)4-8(12(15)20)14(5-9(13)16)6-11(18)19/h7-8H,3-6H2,1-2H3,(H2,13,16)(H,18,19). The lowest BCUT2D eigenvalue weighted by Crippen LogP contribution is -2.49. The number of nitrogens with two attached hydrogens (primary N) is 1. The van der Waals surface area contributed by atoms with E-state index in [1.165, 1.54) is 0 Å². The van der Waals surface area contributed by atoms with Crippen molar-refractivity contribution in [1.29, 1.82) is 0 Å². The maximum absolute atomic E-state index is 12.2. The number of carbonyl (C=O) groups is 4. The smallest absolute Gasteiger partial charge is 0.317 e. The molecule has 1 rings (SSSR count). The van der Waals surface area contributed by atoms with Crippen molar-refractivity contribution in [2.45, 2.75) is 38.8 Å². The molecular formula is C12H19N3O5. The highest BCUT2D eigenvalue weighted by atomic mass is 16.4. The number of amides is 3. The Morgan fingerprint density at radius 3 is 2.50 bits per heavy atom. The lowest BCUT2D eigenvalue weighted by atomic mass is 10.2. The molecule has 8 nitrogen and oxygen atoms in total. The molecule has 1 aliphatic heterocycles. The summed E-state index contributed by atoms with van der Waals surface area (Å²) in [7, 11) is 0. The summed E-state index contributed by atoms with van der Waals surface area (Å²) in [6, 6.07) is -1.18. The number of aliphatic carboxylic acids is 1. The van der Waals surface area contributed by atoms with Crippen molar-refractivity contribution in [2.75, 3.05) is 13.1 Å². The molecule has 0 aliphatic carbocycles. The third-order valence-corrected chi connectivity index (χ3v) is 3.33. The first-order valence-electron chi connectivity index (χ1n) is 6.38. The Labute approximate surface area is 116 Å². The van der Waals surface area contributed by atoms with E-state index in [0.717, 1.165) is 9.80 Å². The first-order chi connectivity index (χ1) is 9.27. The summed E-state index contributed by atoms with van der Waals surface area (Å²) in [4.78, 5) is 48.2. The van der Waals surface area contributed by atoms with E-state index in [0.29, 0.717) is 6.42 Å². The molecule has 3 N–H and O–H groups in total. The van der Waals surface area contributed by atoms with Gasteiger partial charge in [0.2, 0.25) is 17.7 Å². The van der Waals surface area contributed by atoms with Gasteiger partial charge in [-0.3, -0.25) is 29.0 Å². The second-order valence-electron chi connectivity index (χ2n) is 4.84. The average Bonchev–Trinajstić information content (AvgIpc) is 2.62. The third-order valence-electron chi connectivity index (χ3n) is 3.33. The quantitative estimate of drug-likeness (QED) is 0.566. The molecule has 2 atom stereocenters. The molecule has 3 amide bonds. The fourth-order valence-electron chi connectivity index (χ4n) is 2.22. The Balaban J connectivity index is 2.92. The molecule has 0 spiro atoms. The fourth-order valence-corrected chi connectivity index (χ4v) is 2.22. The predicted octanol–water partition coefficient (Wildman–Crippen LogP) is -1.22. The Hall–Kier alpha value is -1.96. The summed E-state index contributed by atoms with van der Waals surface area (Å²) >= 11 is 0. The number of carbonyl (C=O) groups excluding carboxylic acids is 3. The highest BCUT2D eigenvalue weighted by molar-refractivity contribution is 6.06. The molecule has 1 saturated heterocycles. The molecular weight excluding hydrogens is 266 g/mol. The van der Waals surface area contributed by atoms with Crippen LogP contribution in [0, 0.1) is 0 Å². The number of carboxylic acids is 1. The Morgan fingerprint density at radius 2 is 2.05 bits per heavy atom. The minimum absolute atomic E-state index is 0.121. The molecule has 0 radical (unpaired) electrons. The number of nitrogens with zero attached hydrogens (tertiary/aromatic N) is 2. The van der Waals surface area contributed by atoms with Crippen LogP contribution < -0.4 is 5.73 Å². The highest BCUT2D eigenvalue weighted by Gasteiger charge is 2.44. The summed E-state index contributed by atoms with van der Waals surface area (Å²) < 4.78 is 0. The molecule has 1 fully saturated rings. The third kappa shape index (κ3) is 3.53. The van der Waals surface area contributed by atoms with Crippen LogP contribution in [0.3, 0.4) is 0 Å². The minimum Gasteiger partial charge on any atom is -0.480 e. The van der Waals surface area contributed by atoms with Crippen molar-refractivity contribution < 1.29 is 24.3 Å². The SMILES string of the molecule is CCC(C)N1C(=O)CC(N(CC(N)=O)CC(=O)O)C1=O. The first-order valence-corrected chi connectivity index (χ1v) is 6.38. The molecule has 0 bridgehead atoms. The number of hydrogen-bond donors (Lipinski definition) is 2. The zero-order valence-corrected chi connectivity index (χ0v) is 11.5. The lowest BCUT2D eigenvalue weighted by molar-refractivity contribution is -0.143. The van der Waals surface area contributed by atoms with Gasteiger partial charge in [0.25, 0.3) is 0 Å². The number of likely N-dealkylation sites (tertiary alicyclic amines) is 1. The normalized spacial score (nSPS) is 20.6. The van der Waals surface area contributed by atoms with Crippen molar-refractivity contribution in [3.63, 3.8) is 0 Å². The summed E-state index contributed by atoms with van der Waals surface area (Å²) in [5.74, 6) is -2.75. The van der Waals surface area contributed by atoms with Crippen molar-refractivity contribution in [3.05, 3.63) is 0 Å². The van der Waals surface area contributed by atoms with Gasteiger partial charge in [-0.25, -0.2) is 0 Å². The number of imide groups is 1. The van der Waals surface area contributed by atoms with Crippen LogP contribution in [0.5, 0.6) is 0 Å². The average molecular weight is 285 g/mol. The first kappa shape index (κ1) is 16.1. The molecule has 1 aliphatic rings. The summed E-state index contributed by atoms with van der Waals surface area (Å²) in [6.45, 7) is 2.70. The zero-order chi connectivity index (χ0) is 15.4. The maximum Gasteiger partial charge on any atom is 0.317 e. The van der Waals surface area contributed by atoms with Crippen molar-refractivity contribution in [1.82, 2.24) is 9.80 Å². The van der Waals surface area contributed by atoms with Crippen LogP contribution in [0.1, 0.15) is 26.7 Å². The lowest BCUT2D eigenvalue weighted by Gasteiger charge is -2.26. The van der Waals surface area contributed by atoms with Crippen LogP contribution in [0.25, 0.3) is 0 Å². The molecule has 20 heavy (non-hydrogen) atoms. The van der Waals surface area contributed by atoms with E-state index in [4.69, 9.17) is 10.8 Å². The molecule has 2 unspecified atom stereocenters. The van der Waals surface area contributed by atoms with Gasteiger partial charge in [-0.2, -0.15) is 0 Å². The Bertz CT molecular complexity index is 421. The van der Waals surface area contributed by atoms with Gasteiger partial charge in [0, 0.05) is 6.04 Å². The van der Waals surface area contributed by atoms with Crippen molar-refractivity contribution in [2.24, 2.45) is 5.73 Å². The van der Waals surface area contributed by atoms with Crippen molar-refractivity contribution in [3.8, 4) is 0 Å². The summed E-state index contributed by atoms with van der Waals surface area (Å²) in [6.07, 6.45) is 0.489. The van der Waals surface area contributed by atoms with Gasteiger partial charge in [-0.1, -0.05) is 6.92 Å². The fraction of sp³-hybridized carbons (Fsp3) is 0.667. The van der Waals surface area contributed by atoms with Gasteiger partial charge in [-0.15, -0.1) is 0 Å². The van der Waals surface area contributed by atoms with Gasteiger partial charge >= 0.3 is 5.97 Å². The van der Waals surface area contributed by atoms with Crippen molar-refractivity contribution >= 4 is 23.7 Å². The Kier molecular flexibility index (Phi) is 5.20. The molecule has 0 aromatic heterocycles. The molecule has 1 heterocycles. The van der Waals surface area contributed by atoms with Gasteiger partial charge in [0.15, 0.2) is 0 Å². The van der Waals surface area contributed by atoms with E-state index >= 15 is 0 Å². The van der Waals surface area contributed by atoms with Crippen LogP contribution in [0.15, 0.2) is 0 Å². The number of primary amides is 1. The molecule has 0 saturated carbocycles. The van der Waals surface area contributed by atoms with Crippen LogP contribution in [-0.2, 0) is 19.2 Å². The highest BCUT2D eigenvalue weighted by Crippen LogP contribution is 2.22. The Morgan fingerprint density at radius 1 is 1.45 bits per heavy atom.